The van der Waals surface area contributed by atoms with Gasteiger partial charge < -0.3 is 22.4 Å². The van der Waals surface area contributed by atoms with Crippen LogP contribution in [-0.2, 0) is 16.1 Å². The van der Waals surface area contributed by atoms with Gasteiger partial charge in [-0.1, -0.05) is 6.07 Å². The SMILES string of the molecule is COCOCc1cc(F)ccc1[B-](F)(F)F.[K+]. The summed E-state index contributed by atoms with van der Waals surface area (Å²) >= 11 is 0. The summed E-state index contributed by atoms with van der Waals surface area (Å²) < 4.78 is 59.7. The van der Waals surface area contributed by atoms with E-state index in [4.69, 9.17) is 4.74 Å². The average Bonchev–Trinajstić information content (AvgIpc) is 2.16. The van der Waals surface area contributed by atoms with E-state index in [1.165, 1.54) is 7.11 Å². The van der Waals surface area contributed by atoms with Crippen molar-refractivity contribution in [3.05, 3.63) is 29.6 Å². The number of rotatable bonds is 5. The van der Waals surface area contributed by atoms with Crippen molar-refractivity contribution in [3.8, 4) is 0 Å². The van der Waals surface area contributed by atoms with Crippen molar-refractivity contribution in [2.75, 3.05) is 13.9 Å². The third-order valence-electron chi connectivity index (χ3n) is 1.92. The van der Waals surface area contributed by atoms with E-state index >= 15 is 0 Å². The fourth-order valence-electron chi connectivity index (χ4n) is 1.25. The molecule has 0 aliphatic heterocycles. The first-order valence-corrected chi connectivity index (χ1v) is 4.50. The van der Waals surface area contributed by atoms with Crippen molar-refractivity contribution in [2.24, 2.45) is 0 Å². The van der Waals surface area contributed by atoms with Crippen molar-refractivity contribution < 1.29 is 78.2 Å². The zero-order chi connectivity index (χ0) is 12.2. The summed E-state index contributed by atoms with van der Waals surface area (Å²) in [6.07, 6.45) is 0. The van der Waals surface area contributed by atoms with Gasteiger partial charge in [0.25, 0.3) is 0 Å². The van der Waals surface area contributed by atoms with E-state index in [1.54, 1.807) is 0 Å². The van der Waals surface area contributed by atoms with Gasteiger partial charge in [0.05, 0.1) is 6.61 Å². The molecule has 1 aromatic carbocycles. The van der Waals surface area contributed by atoms with Crippen LogP contribution in [0.2, 0.25) is 0 Å². The summed E-state index contributed by atoms with van der Waals surface area (Å²) in [5.74, 6) is -0.722. The third kappa shape index (κ3) is 5.82. The molecule has 0 aliphatic rings. The summed E-state index contributed by atoms with van der Waals surface area (Å²) in [6.45, 7) is -5.63. The number of benzene rings is 1. The molecule has 0 saturated heterocycles. The van der Waals surface area contributed by atoms with E-state index in [-0.39, 0.29) is 70.3 Å². The van der Waals surface area contributed by atoms with Gasteiger partial charge in [-0.2, -0.15) is 0 Å². The van der Waals surface area contributed by atoms with Crippen LogP contribution in [-0.4, -0.2) is 20.9 Å². The molecule has 8 heteroatoms. The van der Waals surface area contributed by atoms with E-state index in [1.807, 2.05) is 0 Å². The monoisotopic (exact) mass is 276 g/mol. The Balaban J connectivity index is 0.00000256. The van der Waals surface area contributed by atoms with Crippen LogP contribution in [0.5, 0.6) is 0 Å². The molecule has 17 heavy (non-hydrogen) atoms. The average molecular weight is 276 g/mol. The summed E-state index contributed by atoms with van der Waals surface area (Å²) in [7, 11) is 1.35. The fraction of sp³-hybridized carbons (Fsp3) is 0.333. The van der Waals surface area contributed by atoms with Crippen LogP contribution in [0.25, 0.3) is 0 Å². The van der Waals surface area contributed by atoms with Crippen LogP contribution in [0.15, 0.2) is 18.2 Å². The predicted molar refractivity (Wildman–Crippen MR) is 51.8 cm³/mol. The first kappa shape index (κ1) is 17.6. The van der Waals surface area contributed by atoms with Crippen LogP contribution in [0.4, 0.5) is 17.3 Å². The van der Waals surface area contributed by atoms with Crippen LogP contribution >= 0.6 is 0 Å². The van der Waals surface area contributed by atoms with Crippen LogP contribution < -0.4 is 56.8 Å². The van der Waals surface area contributed by atoms with Gasteiger partial charge in [-0.15, -0.1) is 5.46 Å². The smallest absolute Gasteiger partial charge is 0.445 e. The molecule has 1 aromatic rings. The van der Waals surface area contributed by atoms with Crippen molar-refractivity contribution >= 4 is 12.4 Å². The minimum atomic E-state index is -5.16. The largest absolute Gasteiger partial charge is 1.00 e. The Bertz CT molecular complexity index is 359. The standard InChI is InChI=1S/C9H10BF4O2.K/c1-15-6-16-5-7-4-8(11)2-3-9(7)10(12,13)14;/h2-4H,5-6H2,1H3;/q-1;+1. The van der Waals surface area contributed by atoms with Gasteiger partial charge in [-0.05, 0) is 17.7 Å². The maximum Gasteiger partial charge on any atom is 1.00 e. The molecule has 90 valence electrons. The quantitative estimate of drug-likeness (QED) is 0.297. The van der Waals surface area contributed by atoms with E-state index < -0.39 is 18.3 Å². The van der Waals surface area contributed by atoms with Gasteiger partial charge in [0.1, 0.15) is 12.6 Å². The molecule has 0 fully saturated rings. The molecule has 0 aromatic heterocycles. The van der Waals surface area contributed by atoms with Gasteiger partial charge in [-0.25, -0.2) is 4.39 Å². The molecular formula is C9H10BF4KO2. The molecule has 0 spiro atoms. The van der Waals surface area contributed by atoms with Crippen molar-refractivity contribution in [3.63, 3.8) is 0 Å². The summed E-state index contributed by atoms with van der Waals surface area (Å²) in [5.41, 5.74) is -1.05. The molecule has 2 nitrogen and oxygen atoms in total. The molecule has 0 unspecified atom stereocenters. The second-order valence-corrected chi connectivity index (χ2v) is 3.17. The molecule has 0 radical (unpaired) electrons. The Labute approximate surface area is 139 Å². The molecule has 0 saturated carbocycles. The number of halogens is 4. The van der Waals surface area contributed by atoms with Crippen LogP contribution in [0.3, 0.4) is 0 Å². The Kier molecular flexibility index (Phi) is 8.14. The van der Waals surface area contributed by atoms with Crippen molar-refractivity contribution in [1.82, 2.24) is 0 Å². The van der Waals surface area contributed by atoms with Crippen LogP contribution in [0.1, 0.15) is 5.56 Å². The molecule has 0 bridgehead atoms. The van der Waals surface area contributed by atoms with Gasteiger partial charge in [-0.3, -0.25) is 0 Å². The molecule has 0 heterocycles. The Hall–Kier alpha value is 0.561. The summed E-state index contributed by atoms with van der Waals surface area (Å²) in [5, 5.41) is 0. The first-order chi connectivity index (χ1) is 7.45. The van der Waals surface area contributed by atoms with Gasteiger partial charge in [0, 0.05) is 7.11 Å². The van der Waals surface area contributed by atoms with E-state index in [0.717, 1.165) is 18.2 Å². The Morgan fingerprint density at radius 1 is 1.24 bits per heavy atom. The summed E-state index contributed by atoms with van der Waals surface area (Å²) in [4.78, 5) is 0. The van der Waals surface area contributed by atoms with Gasteiger partial charge in [0.2, 0.25) is 0 Å². The molecule has 1 rings (SSSR count). The van der Waals surface area contributed by atoms with Gasteiger partial charge >= 0.3 is 58.4 Å². The first-order valence-electron chi connectivity index (χ1n) is 4.50. The third-order valence-corrected chi connectivity index (χ3v) is 1.92. The van der Waals surface area contributed by atoms with Crippen molar-refractivity contribution in [1.29, 1.82) is 0 Å². The predicted octanol–water partition coefficient (Wildman–Crippen LogP) is -0.995. The number of ether oxygens (including phenoxy) is 2. The maximum absolute atomic E-state index is 12.8. The van der Waals surface area contributed by atoms with Crippen molar-refractivity contribution in [2.45, 2.75) is 6.61 Å². The maximum atomic E-state index is 12.8. The molecule has 0 aliphatic carbocycles. The van der Waals surface area contributed by atoms with Gasteiger partial charge in [0.15, 0.2) is 0 Å². The Morgan fingerprint density at radius 2 is 1.88 bits per heavy atom. The zero-order valence-corrected chi connectivity index (χ0v) is 12.7. The molecule has 0 N–H and O–H groups in total. The Morgan fingerprint density at radius 3 is 2.41 bits per heavy atom. The minimum Gasteiger partial charge on any atom is -0.445 e. The van der Waals surface area contributed by atoms with E-state index in [0.29, 0.717) is 0 Å². The number of hydrogen-bond acceptors (Lipinski definition) is 2. The molecule has 0 atom stereocenters. The second-order valence-electron chi connectivity index (χ2n) is 3.17. The number of hydrogen-bond donors (Lipinski definition) is 0. The van der Waals surface area contributed by atoms with Crippen LogP contribution in [0, 0.1) is 5.82 Å². The van der Waals surface area contributed by atoms with E-state index in [2.05, 4.69) is 4.74 Å². The zero-order valence-electron chi connectivity index (χ0n) is 9.55. The second kappa shape index (κ2) is 7.88. The molecule has 0 amide bonds. The number of methoxy groups -OCH3 is 1. The normalized spacial score (nSPS) is 11.1. The fourth-order valence-corrected chi connectivity index (χ4v) is 1.25. The molecular weight excluding hydrogens is 266 g/mol. The van der Waals surface area contributed by atoms with E-state index in [9.17, 15) is 17.3 Å². The summed E-state index contributed by atoms with van der Waals surface area (Å²) in [6, 6.07) is 2.32. The topological polar surface area (TPSA) is 18.5 Å². The minimum absolute atomic E-state index is 0.